The molecule has 0 nitrogen and oxygen atoms in total. The van der Waals surface area contributed by atoms with Gasteiger partial charge in [0.1, 0.15) is 0 Å². The molecule has 0 spiro atoms. The molecule has 1 aliphatic rings. The molecule has 2 rings (SSSR count). The first-order chi connectivity index (χ1) is 6.77. The van der Waals surface area contributed by atoms with Crippen molar-refractivity contribution >= 4 is 34.8 Å². The number of hydrogen-bond acceptors (Lipinski definition) is 1. The number of thioether (sulfide) groups is 1. The van der Waals surface area contributed by atoms with Gasteiger partial charge in [0.25, 0.3) is 0 Å². The summed E-state index contributed by atoms with van der Waals surface area (Å²) in [4.78, 5) is 1.20. The van der Waals surface area contributed by atoms with Gasteiger partial charge in [-0.2, -0.15) is 0 Å². The summed E-state index contributed by atoms with van der Waals surface area (Å²) in [6.07, 6.45) is 4.23. The van der Waals surface area contributed by atoms with E-state index in [2.05, 4.69) is 41.8 Å². The van der Waals surface area contributed by atoms with Crippen molar-refractivity contribution in [2.75, 3.05) is 0 Å². The van der Waals surface area contributed by atoms with Gasteiger partial charge >= 0.3 is 0 Å². The van der Waals surface area contributed by atoms with E-state index < -0.39 is 0 Å². The topological polar surface area (TPSA) is 0 Å². The van der Waals surface area contributed by atoms with Gasteiger partial charge in [-0.3, -0.25) is 0 Å². The Morgan fingerprint density at radius 1 is 1.14 bits per heavy atom. The Balaban J connectivity index is 2.52. The quantitative estimate of drug-likeness (QED) is 0.658. The highest BCUT2D eigenvalue weighted by Crippen LogP contribution is 2.24. The molecule has 0 N–H and O–H groups in total. The van der Waals surface area contributed by atoms with Gasteiger partial charge in [0, 0.05) is 4.91 Å². The number of rotatable bonds is 1. The molecule has 0 aliphatic carbocycles. The molecular weight excluding hydrogens is 212 g/mol. The SMILES string of the molecule is CC(Cl)C1=CC=c2ccccc2=CS1. The van der Waals surface area contributed by atoms with Crippen LogP contribution < -0.4 is 10.4 Å². The summed E-state index contributed by atoms with van der Waals surface area (Å²) in [7, 11) is 0. The Morgan fingerprint density at radius 3 is 2.57 bits per heavy atom. The monoisotopic (exact) mass is 222 g/mol. The fraction of sp³-hybridized carbons (Fsp3) is 0.167. The van der Waals surface area contributed by atoms with Crippen LogP contribution in [0.25, 0.3) is 11.5 Å². The highest BCUT2D eigenvalue weighted by molar-refractivity contribution is 8.10. The van der Waals surface area contributed by atoms with Gasteiger partial charge in [0.15, 0.2) is 0 Å². The van der Waals surface area contributed by atoms with Crippen molar-refractivity contribution in [3.63, 3.8) is 0 Å². The molecule has 0 radical (unpaired) electrons. The smallest absolute Gasteiger partial charge is 0.0619 e. The fourth-order valence-electron chi connectivity index (χ4n) is 1.34. The van der Waals surface area contributed by atoms with E-state index in [0.29, 0.717) is 0 Å². The zero-order valence-electron chi connectivity index (χ0n) is 7.91. The first kappa shape index (κ1) is 9.88. The Hall–Kier alpha value is -0.660. The molecule has 0 fully saturated rings. The largest absolute Gasteiger partial charge is 0.118 e. The van der Waals surface area contributed by atoms with Gasteiger partial charge in [-0.15, -0.1) is 23.4 Å². The second-order valence-electron chi connectivity index (χ2n) is 3.22. The summed E-state index contributed by atoms with van der Waals surface area (Å²) in [5, 5.41) is 4.76. The highest BCUT2D eigenvalue weighted by atomic mass is 35.5. The van der Waals surface area contributed by atoms with E-state index in [0.717, 1.165) is 0 Å². The molecule has 0 aromatic heterocycles. The Morgan fingerprint density at radius 2 is 1.86 bits per heavy atom. The minimum atomic E-state index is 0.0850. The maximum Gasteiger partial charge on any atom is 0.0619 e. The van der Waals surface area contributed by atoms with Crippen LogP contribution in [-0.4, -0.2) is 5.38 Å². The second-order valence-corrected chi connectivity index (χ2v) is 4.81. The van der Waals surface area contributed by atoms with E-state index in [1.165, 1.54) is 15.3 Å². The summed E-state index contributed by atoms with van der Waals surface area (Å²) < 4.78 is 0. The normalized spacial score (nSPS) is 16.9. The average Bonchev–Trinajstić information content (AvgIpc) is 2.39. The molecular formula is C12H11ClS. The molecule has 1 aliphatic heterocycles. The van der Waals surface area contributed by atoms with E-state index in [1.807, 2.05) is 6.92 Å². The minimum absolute atomic E-state index is 0.0850. The highest BCUT2D eigenvalue weighted by Gasteiger charge is 2.04. The summed E-state index contributed by atoms with van der Waals surface area (Å²) in [5.74, 6) is 0. The molecule has 0 saturated heterocycles. The first-order valence-corrected chi connectivity index (χ1v) is 5.87. The molecule has 2 heteroatoms. The van der Waals surface area contributed by atoms with E-state index in [4.69, 9.17) is 11.6 Å². The molecule has 1 aromatic rings. The van der Waals surface area contributed by atoms with Crippen molar-refractivity contribution in [1.29, 1.82) is 0 Å². The van der Waals surface area contributed by atoms with Crippen LogP contribution in [0.5, 0.6) is 0 Å². The van der Waals surface area contributed by atoms with Crippen LogP contribution in [0.4, 0.5) is 0 Å². The molecule has 1 unspecified atom stereocenters. The molecule has 1 atom stereocenters. The molecule has 14 heavy (non-hydrogen) atoms. The lowest BCUT2D eigenvalue weighted by Crippen LogP contribution is -2.22. The van der Waals surface area contributed by atoms with Crippen molar-refractivity contribution in [1.82, 2.24) is 0 Å². The Kier molecular flexibility index (Phi) is 2.99. The summed E-state index contributed by atoms with van der Waals surface area (Å²) in [5.41, 5.74) is 0. The van der Waals surface area contributed by atoms with E-state index in [1.54, 1.807) is 11.8 Å². The Bertz CT molecular complexity index is 471. The van der Waals surface area contributed by atoms with Crippen molar-refractivity contribution in [3.05, 3.63) is 45.7 Å². The lowest BCUT2D eigenvalue weighted by molar-refractivity contribution is 1.21. The maximum absolute atomic E-state index is 6.04. The van der Waals surface area contributed by atoms with Gasteiger partial charge in [-0.1, -0.05) is 36.4 Å². The number of halogens is 1. The predicted octanol–water partition coefficient (Wildman–Crippen LogP) is 2.46. The number of benzene rings is 1. The summed E-state index contributed by atoms with van der Waals surface area (Å²) in [6, 6.07) is 8.34. The van der Waals surface area contributed by atoms with E-state index in [9.17, 15) is 0 Å². The van der Waals surface area contributed by atoms with Crippen LogP contribution in [-0.2, 0) is 0 Å². The summed E-state index contributed by atoms with van der Waals surface area (Å²) >= 11 is 7.75. The fourth-order valence-corrected chi connectivity index (χ4v) is 2.38. The molecule has 0 saturated carbocycles. The van der Waals surface area contributed by atoms with Gasteiger partial charge in [0.05, 0.1) is 5.38 Å². The number of fused-ring (bicyclic) bond motifs is 1. The van der Waals surface area contributed by atoms with Crippen LogP contribution in [0.1, 0.15) is 6.92 Å². The van der Waals surface area contributed by atoms with Crippen LogP contribution >= 0.6 is 23.4 Å². The van der Waals surface area contributed by atoms with Crippen molar-refractivity contribution in [3.8, 4) is 0 Å². The van der Waals surface area contributed by atoms with Gasteiger partial charge in [-0.25, -0.2) is 0 Å². The third-order valence-electron chi connectivity index (χ3n) is 2.14. The first-order valence-electron chi connectivity index (χ1n) is 4.55. The Labute approximate surface area is 93.0 Å². The minimum Gasteiger partial charge on any atom is -0.118 e. The van der Waals surface area contributed by atoms with Crippen LogP contribution in [0.2, 0.25) is 0 Å². The van der Waals surface area contributed by atoms with Crippen LogP contribution in [0, 0.1) is 0 Å². The lowest BCUT2D eigenvalue weighted by atomic mass is 10.2. The van der Waals surface area contributed by atoms with E-state index >= 15 is 0 Å². The number of hydrogen-bond donors (Lipinski definition) is 0. The number of allylic oxidation sites excluding steroid dienone is 2. The summed E-state index contributed by atoms with van der Waals surface area (Å²) in [6.45, 7) is 2.00. The van der Waals surface area contributed by atoms with Crippen molar-refractivity contribution in [2.45, 2.75) is 12.3 Å². The molecule has 0 bridgehead atoms. The van der Waals surface area contributed by atoms with Crippen molar-refractivity contribution in [2.24, 2.45) is 0 Å². The standard InChI is InChI=1S/C12H11ClS/c1-9(13)12-7-6-10-4-2-3-5-11(10)8-14-12/h2-9H,1H3. The zero-order valence-corrected chi connectivity index (χ0v) is 9.48. The lowest BCUT2D eigenvalue weighted by Gasteiger charge is -2.03. The predicted molar refractivity (Wildman–Crippen MR) is 65.6 cm³/mol. The van der Waals surface area contributed by atoms with Crippen LogP contribution in [0.3, 0.4) is 0 Å². The molecule has 1 heterocycles. The average molecular weight is 223 g/mol. The van der Waals surface area contributed by atoms with Crippen LogP contribution in [0.15, 0.2) is 35.2 Å². The third-order valence-corrected chi connectivity index (χ3v) is 3.64. The molecule has 0 amide bonds. The number of alkyl halides is 1. The van der Waals surface area contributed by atoms with Crippen molar-refractivity contribution < 1.29 is 0 Å². The van der Waals surface area contributed by atoms with Gasteiger partial charge in [0.2, 0.25) is 0 Å². The van der Waals surface area contributed by atoms with Gasteiger partial charge in [-0.05, 0) is 22.8 Å². The maximum atomic E-state index is 6.04. The molecule has 1 aromatic carbocycles. The second kappa shape index (κ2) is 4.24. The zero-order chi connectivity index (χ0) is 9.97. The van der Waals surface area contributed by atoms with Gasteiger partial charge < -0.3 is 0 Å². The molecule has 72 valence electrons. The van der Waals surface area contributed by atoms with E-state index in [-0.39, 0.29) is 5.38 Å². The third kappa shape index (κ3) is 2.05.